The summed E-state index contributed by atoms with van der Waals surface area (Å²) in [6.07, 6.45) is 1.43. The summed E-state index contributed by atoms with van der Waals surface area (Å²) in [6.45, 7) is 5.07. The van der Waals surface area contributed by atoms with Gasteiger partial charge in [0.2, 0.25) is 0 Å². The van der Waals surface area contributed by atoms with E-state index < -0.39 is 0 Å². The van der Waals surface area contributed by atoms with Crippen LogP contribution in [0.4, 0.5) is 0 Å². The minimum Gasteiger partial charge on any atom is -0.315 e. The Kier molecular flexibility index (Phi) is 5.50. The zero-order valence-electron chi connectivity index (χ0n) is 9.79. The minimum atomic E-state index is 0.160. The van der Waals surface area contributed by atoms with E-state index in [2.05, 4.69) is 19.2 Å². The molecule has 0 saturated carbocycles. The van der Waals surface area contributed by atoms with Gasteiger partial charge in [0.1, 0.15) is 0 Å². The van der Waals surface area contributed by atoms with Gasteiger partial charge in [0.05, 0.1) is 0 Å². The molecular weight excluding hydrogens is 222 g/mol. The van der Waals surface area contributed by atoms with Gasteiger partial charge < -0.3 is 5.32 Å². The Morgan fingerprint density at radius 2 is 2.19 bits per heavy atom. The molecule has 2 nitrogen and oxygen atoms in total. The molecule has 0 heterocycles. The summed E-state index contributed by atoms with van der Waals surface area (Å²) in [4.78, 5) is 11.8. The van der Waals surface area contributed by atoms with Crippen LogP contribution in [0.25, 0.3) is 0 Å². The molecule has 0 amide bonds. The van der Waals surface area contributed by atoms with Gasteiger partial charge in [0.15, 0.2) is 5.78 Å². The predicted octanol–water partition coefficient (Wildman–Crippen LogP) is 3.30. The van der Waals surface area contributed by atoms with E-state index in [9.17, 15) is 4.79 Å². The first kappa shape index (κ1) is 13.2. The molecule has 0 aromatic heterocycles. The minimum absolute atomic E-state index is 0.160. The number of hydrogen-bond acceptors (Lipinski definition) is 2. The number of nitrogens with one attached hydrogen (secondary N) is 1. The molecule has 0 spiro atoms. The second-order valence-electron chi connectivity index (χ2n) is 4.15. The normalized spacial score (nSPS) is 10.8. The molecule has 0 unspecified atom stereocenters. The second kappa shape index (κ2) is 6.66. The van der Waals surface area contributed by atoms with Crippen molar-refractivity contribution in [3.8, 4) is 0 Å². The Hall–Kier alpha value is -0.860. The molecule has 1 aromatic carbocycles. The van der Waals surface area contributed by atoms with E-state index >= 15 is 0 Å². The van der Waals surface area contributed by atoms with E-state index in [1.807, 2.05) is 12.1 Å². The van der Waals surface area contributed by atoms with E-state index in [0.29, 0.717) is 23.0 Å². The lowest BCUT2D eigenvalue weighted by molar-refractivity contribution is 0.0980. The van der Waals surface area contributed by atoms with Gasteiger partial charge in [-0.3, -0.25) is 4.79 Å². The van der Waals surface area contributed by atoms with Gasteiger partial charge in [-0.2, -0.15) is 0 Å². The summed E-state index contributed by atoms with van der Waals surface area (Å²) in [5, 5.41) is 3.90. The molecule has 16 heavy (non-hydrogen) atoms. The topological polar surface area (TPSA) is 29.1 Å². The number of rotatable bonds is 6. The van der Waals surface area contributed by atoms with E-state index in [0.717, 1.165) is 13.0 Å². The summed E-state index contributed by atoms with van der Waals surface area (Å²) in [6, 6.07) is 7.59. The number of halogens is 1. The zero-order chi connectivity index (χ0) is 12.0. The number of hydrogen-bond donors (Lipinski definition) is 1. The molecule has 1 N–H and O–H groups in total. The van der Waals surface area contributed by atoms with Crippen LogP contribution in [0.1, 0.15) is 37.0 Å². The maximum Gasteiger partial charge on any atom is 0.162 e. The highest BCUT2D eigenvalue weighted by atomic mass is 35.5. The van der Waals surface area contributed by atoms with E-state index in [1.165, 1.54) is 0 Å². The average Bonchev–Trinajstić information content (AvgIpc) is 2.24. The first-order valence-corrected chi connectivity index (χ1v) is 5.99. The Morgan fingerprint density at radius 3 is 2.81 bits per heavy atom. The Balaban J connectivity index is 2.35. The van der Waals surface area contributed by atoms with Crippen LogP contribution in [-0.2, 0) is 0 Å². The van der Waals surface area contributed by atoms with Crippen molar-refractivity contribution in [2.24, 2.45) is 0 Å². The standard InChI is InChI=1S/C13H18ClNO/c1-10(2)15-8-4-7-13(16)11-5-3-6-12(14)9-11/h3,5-6,9-10,15H,4,7-8H2,1-2H3. The van der Waals surface area contributed by atoms with Gasteiger partial charge in [0.25, 0.3) is 0 Å². The molecule has 0 fully saturated rings. The van der Waals surface area contributed by atoms with Gasteiger partial charge in [0, 0.05) is 23.0 Å². The highest BCUT2D eigenvalue weighted by molar-refractivity contribution is 6.31. The van der Waals surface area contributed by atoms with Crippen LogP contribution in [-0.4, -0.2) is 18.4 Å². The van der Waals surface area contributed by atoms with Crippen molar-refractivity contribution in [2.45, 2.75) is 32.7 Å². The number of carbonyl (C=O) groups is 1. The fraction of sp³-hybridized carbons (Fsp3) is 0.462. The zero-order valence-corrected chi connectivity index (χ0v) is 10.6. The number of Topliss-reactive ketones (excluding diaryl/α,β-unsaturated/α-hetero) is 1. The van der Waals surface area contributed by atoms with Crippen LogP contribution >= 0.6 is 11.6 Å². The van der Waals surface area contributed by atoms with Crippen LogP contribution in [0.5, 0.6) is 0 Å². The molecule has 1 rings (SSSR count). The Labute approximate surface area is 102 Å². The molecule has 1 aromatic rings. The van der Waals surface area contributed by atoms with Gasteiger partial charge in [-0.15, -0.1) is 0 Å². The summed E-state index contributed by atoms with van der Waals surface area (Å²) in [7, 11) is 0. The summed E-state index contributed by atoms with van der Waals surface area (Å²) >= 11 is 5.83. The van der Waals surface area contributed by atoms with Crippen molar-refractivity contribution in [3.05, 3.63) is 34.9 Å². The lowest BCUT2D eigenvalue weighted by Gasteiger charge is -2.07. The molecule has 0 aliphatic rings. The first-order valence-electron chi connectivity index (χ1n) is 5.61. The van der Waals surface area contributed by atoms with Crippen LogP contribution in [0, 0.1) is 0 Å². The van der Waals surface area contributed by atoms with Gasteiger partial charge in [-0.05, 0) is 25.1 Å². The molecule has 0 bridgehead atoms. The lowest BCUT2D eigenvalue weighted by atomic mass is 10.1. The molecule has 0 aliphatic heterocycles. The van der Waals surface area contributed by atoms with Crippen molar-refractivity contribution in [1.82, 2.24) is 5.32 Å². The monoisotopic (exact) mass is 239 g/mol. The van der Waals surface area contributed by atoms with Gasteiger partial charge in [-0.1, -0.05) is 37.6 Å². The van der Waals surface area contributed by atoms with Crippen molar-refractivity contribution in [2.75, 3.05) is 6.54 Å². The summed E-state index contributed by atoms with van der Waals surface area (Å²) < 4.78 is 0. The molecular formula is C13H18ClNO. The first-order chi connectivity index (χ1) is 7.59. The molecule has 0 aliphatic carbocycles. The average molecular weight is 240 g/mol. The molecule has 0 radical (unpaired) electrons. The molecule has 3 heteroatoms. The molecule has 88 valence electrons. The van der Waals surface area contributed by atoms with Crippen LogP contribution in [0.15, 0.2) is 24.3 Å². The second-order valence-corrected chi connectivity index (χ2v) is 4.58. The Bertz CT molecular complexity index is 350. The smallest absolute Gasteiger partial charge is 0.162 e. The third-order valence-electron chi connectivity index (χ3n) is 2.28. The van der Waals surface area contributed by atoms with Gasteiger partial charge >= 0.3 is 0 Å². The lowest BCUT2D eigenvalue weighted by Crippen LogP contribution is -2.24. The molecule has 0 saturated heterocycles. The van der Waals surface area contributed by atoms with Gasteiger partial charge in [-0.25, -0.2) is 0 Å². The third kappa shape index (κ3) is 4.77. The van der Waals surface area contributed by atoms with Crippen molar-refractivity contribution in [1.29, 1.82) is 0 Å². The fourth-order valence-electron chi connectivity index (χ4n) is 1.45. The quantitative estimate of drug-likeness (QED) is 0.610. The number of benzene rings is 1. The van der Waals surface area contributed by atoms with Crippen molar-refractivity contribution < 1.29 is 4.79 Å². The maximum atomic E-state index is 11.8. The highest BCUT2D eigenvalue weighted by Gasteiger charge is 2.05. The van der Waals surface area contributed by atoms with Crippen LogP contribution in [0.2, 0.25) is 5.02 Å². The third-order valence-corrected chi connectivity index (χ3v) is 2.51. The summed E-state index contributed by atoms with van der Waals surface area (Å²) in [5.74, 6) is 0.160. The largest absolute Gasteiger partial charge is 0.315 e. The fourth-order valence-corrected chi connectivity index (χ4v) is 1.64. The SMILES string of the molecule is CC(C)NCCCC(=O)c1cccc(Cl)c1. The number of ketones is 1. The predicted molar refractivity (Wildman–Crippen MR) is 68.2 cm³/mol. The highest BCUT2D eigenvalue weighted by Crippen LogP contribution is 2.12. The van der Waals surface area contributed by atoms with Crippen LogP contribution in [0.3, 0.4) is 0 Å². The Morgan fingerprint density at radius 1 is 1.44 bits per heavy atom. The number of carbonyl (C=O) groups excluding carboxylic acids is 1. The van der Waals surface area contributed by atoms with E-state index in [1.54, 1.807) is 12.1 Å². The van der Waals surface area contributed by atoms with E-state index in [4.69, 9.17) is 11.6 Å². The van der Waals surface area contributed by atoms with E-state index in [-0.39, 0.29) is 5.78 Å². The summed E-state index contributed by atoms with van der Waals surface area (Å²) in [5.41, 5.74) is 0.706. The van der Waals surface area contributed by atoms with Crippen LogP contribution < -0.4 is 5.32 Å². The molecule has 0 atom stereocenters. The van der Waals surface area contributed by atoms with Crippen molar-refractivity contribution in [3.63, 3.8) is 0 Å². The van der Waals surface area contributed by atoms with Crippen molar-refractivity contribution >= 4 is 17.4 Å². The maximum absolute atomic E-state index is 11.8.